The van der Waals surface area contributed by atoms with Gasteiger partial charge in [-0.05, 0) is 12.6 Å². The SMILES string of the molecule is C=COC(=O)CN(C)Cc1ccccc1. The maximum Gasteiger partial charge on any atom is 0.324 e. The molecule has 0 fully saturated rings. The first-order valence-corrected chi connectivity index (χ1v) is 4.75. The summed E-state index contributed by atoms with van der Waals surface area (Å²) < 4.78 is 4.63. The van der Waals surface area contributed by atoms with Crippen molar-refractivity contribution in [3.63, 3.8) is 0 Å². The molecule has 0 N–H and O–H groups in total. The molecule has 1 aromatic rings. The number of ether oxygens (including phenoxy) is 1. The minimum absolute atomic E-state index is 0.265. The third-order valence-electron chi connectivity index (χ3n) is 1.91. The molecule has 1 aromatic carbocycles. The number of hydrogen-bond donors (Lipinski definition) is 0. The van der Waals surface area contributed by atoms with Gasteiger partial charge in [-0.2, -0.15) is 0 Å². The first-order chi connectivity index (χ1) is 7.22. The van der Waals surface area contributed by atoms with Crippen molar-refractivity contribution in [1.82, 2.24) is 4.90 Å². The quantitative estimate of drug-likeness (QED) is 0.542. The van der Waals surface area contributed by atoms with E-state index < -0.39 is 0 Å². The third kappa shape index (κ3) is 4.42. The van der Waals surface area contributed by atoms with Crippen molar-refractivity contribution < 1.29 is 9.53 Å². The summed E-state index contributed by atoms with van der Waals surface area (Å²) in [4.78, 5) is 13.0. The van der Waals surface area contributed by atoms with E-state index in [0.29, 0.717) is 0 Å². The van der Waals surface area contributed by atoms with Crippen LogP contribution in [0.3, 0.4) is 0 Å². The zero-order chi connectivity index (χ0) is 11.1. The van der Waals surface area contributed by atoms with Gasteiger partial charge in [0.25, 0.3) is 0 Å². The smallest absolute Gasteiger partial charge is 0.324 e. The second-order valence-electron chi connectivity index (χ2n) is 3.31. The Bertz CT molecular complexity index is 322. The Morgan fingerprint density at radius 3 is 2.73 bits per heavy atom. The largest absolute Gasteiger partial charge is 0.434 e. The predicted molar refractivity (Wildman–Crippen MR) is 59.1 cm³/mol. The molecule has 0 spiro atoms. The molecule has 0 atom stereocenters. The highest BCUT2D eigenvalue weighted by Crippen LogP contribution is 2.02. The molecule has 0 saturated heterocycles. The molecule has 0 bridgehead atoms. The highest BCUT2D eigenvalue weighted by Gasteiger charge is 2.06. The maximum atomic E-state index is 11.1. The first-order valence-electron chi connectivity index (χ1n) is 4.75. The molecule has 3 heteroatoms. The molecule has 15 heavy (non-hydrogen) atoms. The second kappa shape index (κ2) is 5.98. The van der Waals surface area contributed by atoms with Crippen LogP contribution in [0.4, 0.5) is 0 Å². The van der Waals surface area contributed by atoms with E-state index in [2.05, 4.69) is 11.3 Å². The number of hydrogen-bond acceptors (Lipinski definition) is 3. The fraction of sp³-hybridized carbons (Fsp3) is 0.250. The van der Waals surface area contributed by atoms with E-state index in [1.807, 2.05) is 42.3 Å². The van der Waals surface area contributed by atoms with Crippen LogP contribution in [0.15, 0.2) is 43.2 Å². The van der Waals surface area contributed by atoms with Gasteiger partial charge in [-0.15, -0.1) is 0 Å². The number of nitrogens with zero attached hydrogens (tertiary/aromatic N) is 1. The Morgan fingerprint density at radius 2 is 2.13 bits per heavy atom. The average Bonchev–Trinajstić information content (AvgIpc) is 2.19. The molecule has 0 heterocycles. The monoisotopic (exact) mass is 205 g/mol. The zero-order valence-corrected chi connectivity index (χ0v) is 8.85. The minimum Gasteiger partial charge on any atom is -0.434 e. The summed E-state index contributed by atoms with van der Waals surface area (Å²) in [5.41, 5.74) is 1.17. The van der Waals surface area contributed by atoms with E-state index in [4.69, 9.17) is 0 Å². The summed E-state index contributed by atoms with van der Waals surface area (Å²) in [6.07, 6.45) is 1.15. The van der Waals surface area contributed by atoms with Gasteiger partial charge in [0.1, 0.15) is 0 Å². The Morgan fingerprint density at radius 1 is 1.47 bits per heavy atom. The normalized spacial score (nSPS) is 10.0. The van der Waals surface area contributed by atoms with Crippen molar-refractivity contribution in [2.45, 2.75) is 6.54 Å². The van der Waals surface area contributed by atoms with Crippen LogP contribution in [0, 0.1) is 0 Å². The van der Waals surface area contributed by atoms with Gasteiger partial charge in [0.2, 0.25) is 0 Å². The Hall–Kier alpha value is -1.61. The summed E-state index contributed by atoms with van der Waals surface area (Å²) in [6.45, 7) is 4.32. The fourth-order valence-electron chi connectivity index (χ4n) is 1.30. The minimum atomic E-state index is -0.288. The highest BCUT2D eigenvalue weighted by atomic mass is 16.5. The number of carbonyl (C=O) groups is 1. The highest BCUT2D eigenvalue weighted by molar-refractivity contribution is 5.72. The van der Waals surface area contributed by atoms with Crippen LogP contribution in [0.25, 0.3) is 0 Å². The zero-order valence-electron chi connectivity index (χ0n) is 8.85. The van der Waals surface area contributed by atoms with Crippen LogP contribution in [-0.2, 0) is 16.1 Å². The molecule has 0 radical (unpaired) electrons. The van der Waals surface area contributed by atoms with Gasteiger partial charge in [0, 0.05) is 6.54 Å². The van der Waals surface area contributed by atoms with Gasteiger partial charge >= 0.3 is 5.97 Å². The number of rotatable bonds is 5. The summed E-state index contributed by atoms with van der Waals surface area (Å²) in [5.74, 6) is -0.288. The lowest BCUT2D eigenvalue weighted by molar-refractivity contribution is -0.139. The lowest BCUT2D eigenvalue weighted by Gasteiger charge is -2.14. The van der Waals surface area contributed by atoms with Gasteiger partial charge in [0.15, 0.2) is 0 Å². The van der Waals surface area contributed by atoms with Gasteiger partial charge < -0.3 is 4.74 Å². The maximum absolute atomic E-state index is 11.1. The fourth-order valence-corrected chi connectivity index (χ4v) is 1.30. The third-order valence-corrected chi connectivity index (χ3v) is 1.91. The van der Waals surface area contributed by atoms with E-state index in [1.165, 1.54) is 5.56 Å². The van der Waals surface area contributed by atoms with E-state index >= 15 is 0 Å². The van der Waals surface area contributed by atoms with Crippen molar-refractivity contribution in [3.8, 4) is 0 Å². The van der Waals surface area contributed by atoms with Gasteiger partial charge in [0.05, 0.1) is 12.8 Å². The van der Waals surface area contributed by atoms with E-state index in [9.17, 15) is 4.79 Å². The summed E-state index contributed by atoms with van der Waals surface area (Å²) in [5, 5.41) is 0. The van der Waals surface area contributed by atoms with Crippen LogP contribution in [0.1, 0.15) is 5.56 Å². The Kier molecular flexibility index (Phi) is 4.57. The summed E-state index contributed by atoms with van der Waals surface area (Å²) in [7, 11) is 1.87. The van der Waals surface area contributed by atoms with Crippen molar-refractivity contribution in [2.24, 2.45) is 0 Å². The van der Waals surface area contributed by atoms with Crippen molar-refractivity contribution in [2.75, 3.05) is 13.6 Å². The molecule has 1 rings (SSSR count). The second-order valence-corrected chi connectivity index (χ2v) is 3.31. The molecule has 0 aromatic heterocycles. The molecular formula is C12H15NO2. The number of likely N-dealkylation sites (N-methyl/N-ethyl adjacent to an activating group) is 1. The van der Waals surface area contributed by atoms with Crippen molar-refractivity contribution in [1.29, 1.82) is 0 Å². The lowest BCUT2D eigenvalue weighted by atomic mass is 10.2. The van der Waals surface area contributed by atoms with Crippen LogP contribution < -0.4 is 0 Å². The molecule has 0 unspecified atom stereocenters. The lowest BCUT2D eigenvalue weighted by Crippen LogP contribution is -2.26. The molecule has 3 nitrogen and oxygen atoms in total. The van der Waals surface area contributed by atoms with Crippen molar-refractivity contribution >= 4 is 5.97 Å². The molecule has 0 aliphatic heterocycles. The van der Waals surface area contributed by atoms with Gasteiger partial charge in [-0.3, -0.25) is 9.69 Å². The molecule has 0 aliphatic carbocycles. The van der Waals surface area contributed by atoms with E-state index in [1.54, 1.807) is 0 Å². The Balaban J connectivity index is 2.39. The summed E-state index contributed by atoms with van der Waals surface area (Å²) in [6, 6.07) is 9.97. The number of esters is 1. The van der Waals surface area contributed by atoms with Crippen LogP contribution in [-0.4, -0.2) is 24.5 Å². The summed E-state index contributed by atoms with van der Waals surface area (Å²) >= 11 is 0. The van der Waals surface area contributed by atoms with Crippen LogP contribution >= 0.6 is 0 Å². The predicted octanol–water partition coefficient (Wildman–Crippen LogP) is 1.81. The molecule has 0 saturated carbocycles. The topological polar surface area (TPSA) is 29.5 Å². The van der Waals surface area contributed by atoms with E-state index in [0.717, 1.165) is 12.8 Å². The average molecular weight is 205 g/mol. The molecular weight excluding hydrogens is 190 g/mol. The molecule has 0 aliphatic rings. The van der Waals surface area contributed by atoms with Gasteiger partial charge in [-0.1, -0.05) is 36.9 Å². The van der Waals surface area contributed by atoms with Crippen LogP contribution in [0.2, 0.25) is 0 Å². The molecule has 0 amide bonds. The first kappa shape index (κ1) is 11.5. The molecule has 80 valence electrons. The van der Waals surface area contributed by atoms with Crippen LogP contribution in [0.5, 0.6) is 0 Å². The van der Waals surface area contributed by atoms with Crippen molar-refractivity contribution in [3.05, 3.63) is 48.7 Å². The van der Waals surface area contributed by atoms with Gasteiger partial charge in [-0.25, -0.2) is 0 Å². The number of benzene rings is 1. The Labute approximate surface area is 90.0 Å². The number of carbonyl (C=O) groups excluding carboxylic acids is 1. The van der Waals surface area contributed by atoms with E-state index in [-0.39, 0.29) is 12.5 Å². The standard InChI is InChI=1S/C12H15NO2/c1-3-15-12(14)10-13(2)9-11-7-5-4-6-8-11/h3-8H,1,9-10H2,2H3.